The summed E-state index contributed by atoms with van der Waals surface area (Å²) in [6.45, 7) is 0. The summed E-state index contributed by atoms with van der Waals surface area (Å²) in [6.07, 6.45) is 0.971. The van der Waals surface area contributed by atoms with E-state index < -0.39 is 0 Å². The van der Waals surface area contributed by atoms with Crippen molar-refractivity contribution in [3.8, 4) is 50.2 Å². The fraction of sp³-hybridized carbons (Fsp3) is 0.0400. The largest absolute Gasteiger partial charge is 0.309 e. The number of aromatic nitrogens is 1. The third-order valence-corrected chi connectivity index (χ3v) is 11.3. The highest BCUT2D eigenvalue weighted by atomic mass is 15.0. The Morgan fingerprint density at radius 3 is 1.98 bits per heavy atom. The second kappa shape index (κ2) is 11.0. The first-order valence-electron chi connectivity index (χ1n) is 17.9. The zero-order valence-electron chi connectivity index (χ0n) is 28.1. The standard InChI is InChI=1S/C50H33N/c1-3-12-32(13-4-1)34-17-11-18-39(29-34)51-47-27-24-36(31-46(47)44-26-23-38-28-37-16-7-8-19-40(37)49(38)50(44)51)35-22-25-43-45(30-35)41-20-9-10-21-42(41)48(43)33-14-5-2-6-15-33/h1-27,29-31,48H,28H2. The van der Waals surface area contributed by atoms with Crippen LogP contribution in [0.4, 0.5) is 0 Å². The van der Waals surface area contributed by atoms with E-state index in [2.05, 4.69) is 187 Å². The number of nitrogens with zero attached hydrogens (tertiary/aromatic N) is 1. The molecule has 0 amide bonds. The lowest BCUT2D eigenvalue weighted by molar-refractivity contribution is 1.02. The summed E-state index contributed by atoms with van der Waals surface area (Å²) in [4.78, 5) is 0. The van der Waals surface area contributed by atoms with Crippen LogP contribution in [0.15, 0.2) is 182 Å². The third kappa shape index (κ3) is 4.28. The van der Waals surface area contributed by atoms with Crippen molar-refractivity contribution in [2.75, 3.05) is 0 Å². The monoisotopic (exact) mass is 647 g/mol. The molecule has 1 heterocycles. The minimum Gasteiger partial charge on any atom is -0.309 e. The maximum Gasteiger partial charge on any atom is 0.0622 e. The van der Waals surface area contributed by atoms with Gasteiger partial charge in [-0.3, -0.25) is 0 Å². The van der Waals surface area contributed by atoms with Gasteiger partial charge in [-0.05, 0) is 104 Å². The topological polar surface area (TPSA) is 4.93 Å². The lowest BCUT2D eigenvalue weighted by Gasteiger charge is -2.15. The predicted molar refractivity (Wildman–Crippen MR) is 213 cm³/mol. The van der Waals surface area contributed by atoms with E-state index in [1.54, 1.807) is 0 Å². The van der Waals surface area contributed by atoms with E-state index in [0.717, 1.165) is 6.42 Å². The van der Waals surface area contributed by atoms with E-state index in [-0.39, 0.29) is 5.92 Å². The predicted octanol–water partition coefficient (Wildman–Crippen LogP) is 12.8. The fourth-order valence-electron chi connectivity index (χ4n) is 9.01. The lowest BCUT2D eigenvalue weighted by Crippen LogP contribution is -1.98. The quantitative estimate of drug-likeness (QED) is 0.179. The molecular formula is C50H33N. The van der Waals surface area contributed by atoms with E-state index in [1.807, 2.05) is 0 Å². The van der Waals surface area contributed by atoms with Crippen LogP contribution in [-0.4, -0.2) is 4.57 Å². The molecule has 1 aromatic heterocycles. The molecule has 8 aromatic carbocycles. The molecule has 0 spiro atoms. The van der Waals surface area contributed by atoms with Gasteiger partial charge in [0, 0.05) is 27.9 Å². The van der Waals surface area contributed by atoms with Crippen LogP contribution < -0.4 is 0 Å². The minimum atomic E-state index is 0.253. The van der Waals surface area contributed by atoms with E-state index in [4.69, 9.17) is 0 Å². The highest BCUT2D eigenvalue weighted by Crippen LogP contribution is 2.50. The van der Waals surface area contributed by atoms with Crippen molar-refractivity contribution in [2.45, 2.75) is 12.3 Å². The van der Waals surface area contributed by atoms with Gasteiger partial charge in [0.2, 0.25) is 0 Å². The van der Waals surface area contributed by atoms with Crippen molar-refractivity contribution in [1.29, 1.82) is 0 Å². The number of benzene rings is 8. The number of hydrogen-bond acceptors (Lipinski definition) is 0. The summed E-state index contributed by atoms with van der Waals surface area (Å²) in [7, 11) is 0. The van der Waals surface area contributed by atoms with Gasteiger partial charge in [0.1, 0.15) is 0 Å². The maximum atomic E-state index is 2.52. The van der Waals surface area contributed by atoms with E-state index in [1.165, 1.54) is 99.8 Å². The van der Waals surface area contributed by atoms with Crippen LogP contribution in [-0.2, 0) is 6.42 Å². The number of fused-ring (bicyclic) bond motifs is 10. The Morgan fingerprint density at radius 1 is 0.412 bits per heavy atom. The number of rotatable bonds is 4. The normalized spacial score (nSPS) is 14.0. The Kier molecular flexibility index (Phi) is 6.15. The van der Waals surface area contributed by atoms with Gasteiger partial charge in [-0.1, -0.05) is 152 Å². The van der Waals surface area contributed by atoms with Crippen molar-refractivity contribution in [3.63, 3.8) is 0 Å². The smallest absolute Gasteiger partial charge is 0.0622 e. The molecule has 0 saturated heterocycles. The Morgan fingerprint density at radius 2 is 1.10 bits per heavy atom. The Bertz CT molecular complexity index is 2820. The molecule has 11 rings (SSSR count). The Balaban J connectivity index is 1.13. The highest BCUT2D eigenvalue weighted by Gasteiger charge is 2.30. The molecule has 51 heavy (non-hydrogen) atoms. The van der Waals surface area contributed by atoms with Crippen LogP contribution in [0.25, 0.3) is 72.0 Å². The second-order valence-electron chi connectivity index (χ2n) is 14.0. The molecular weight excluding hydrogens is 615 g/mol. The molecule has 1 heteroatoms. The highest BCUT2D eigenvalue weighted by molar-refractivity contribution is 6.16. The zero-order valence-corrected chi connectivity index (χ0v) is 28.1. The average Bonchev–Trinajstić information content (AvgIpc) is 3.85. The Hall–Kier alpha value is -6.44. The second-order valence-corrected chi connectivity index (χ2v) is 14.0. The number of hydrogen-bond donors (Lipinski definition) is 0. The van der Waals surface area contributed by atoms with E-state index >= 15 is 0 Å². The van der Waals surface area contributed by atoms with E-state index in [9.17, 15) is 0 Å². The lowest BCUT2D eigenvalue weighted by atomic mass is 9.89. The van der Waals surface area contributed by atoms with Crippen molar-refractivity contribution < 1.29 is 0 Å². The molecule has 0 aliphatic heterocycles. The van der Waals surface area contributed by atoms with Gasteiger partial charge in [-0.2, -0.15) is 0 Å². The molecule has 0 bridgehead atoms. The van der Waals surface area contributed by atoms with Crippen molar-refractivity contribution in [2.24, 2.45) is 0 Å². The maximum absolute atomic E-state index is 2.52. The summed E-state index contributed by atoms with van der Waals surface area (Å²) in [5.74, 6) is 0.253. The summed E-state index contributed by atoms with van der Waals surface area (Å²) < 4.78 is 2.52. The summed E-state index contributed by atoms with van der Waals surface area (Å²) >= 11 is 0. The van der Waals surface area contributed by atoms with Crippen LogP contribution in [0, 0.1) is 0 Å². The van der Waals surface area contributed by atoms with Gasteiger partial charge in [0.15, 0.2) is 0 Å². The molecule has 0 fully saturated rings. The zero-order chi connectivity index (χ0) is 33.5. The molecule has 9 aromatic rings. The summed E-state index contributed by atoms with van der Waals surface area (Å²) in [5.41, 5.74) is 21.0. The first-order chi connectivity index (χ1) is 25.3. The Labute approximate surface area is 297 Å². The van der Waals surface area contributed by atoms with Gasteiger partial charge < -0.3 is 4.57 Å². The van der Waals surface area contributed by atoms with Gasteiger partial charge in [0.05, 0.1) is 11.0 Å². The molecule has 1 atom stereocenters. The average molecular weight is 648 g/mol. The van der Waals surface area contributed by atoms with Gasteiger partial charge in [-0.25, -0.2) is 0 Å². The SMILES string of the molecule is c1ccc(-c2cccc(-n3c4ccc(-c5ccc6c(c5)-c5ccccc5C6c5ccccc5)cc4c4ccc5c(c43)-c3ccccc3C5)c2)cc1. The molecule has 0 radical (unpaired) electrons. The molecule has 1 nitrogen and oxygen atoms in total. The molecule has 2 aliphatic carbocycles. The molecule has 0 saturated carbocycles. The summed E-state index contributed by atoms with van der Waals surface area (Å²) in [5, 5.41) is 2.57. The van der Waals surface area contributed by atoms with Crippen LogP contribution in [0.1, 0.15) is 33.7 Å². The van der Waals surface area contributed by atoms with Gasteiger partial charge in [0.25, 0.3) is 0 Å². The molecule has 2 aliphatic rings. The van der Waals surface area contributed by atoms with Gasteiger partial charge in [-0.15, -0.1) is 0 Å². The van der Waals surface area contributed by atoms with Crippen LogP contribution in [0.2, 0.25) is 0 Å². The molecule has 238 valence electrons. The van der Waals surface area contributed by atoms with Crippen molar-refractivity contribution in [3.05, 3.63) is 210 Å². The third-order valence-electron chi connectivity index (χ3n) is 11.3. The fourth-order valence-corrected chi connectivity index (χ4v) is 9.01. The summed E-state index contributed by atoms with van der Waals surface area (Å²) in [6, 6.07) is 67.5. The van der Waals surface area contributed by atoms with Crippen LogP contribution >= 0.6 is 0 Å². The molecule has 0 N–H and O–H groups in total. The first kappa shape index (κ1) is 28.4. The van der Waals surface area contributed by atoms with Crippen LogP contribution in [0.5, 0.6) is 0 Å². The molecule has 1 unspecified atom stereocenters. The van der Waals surface area contributed by atoms with Gasteiger partial charge >= 0.3 is 0 Å². The van der Waals surface area contributed by atoms with E-state index in [0.29, 0.717) is 0 Å². The van der Waals surface area contributed by atoms with Crippen molar-refractivity contribution >= 4 is 21.8 Å². The first-order valence-corrected chi connectivity index (χ1v) is 17.9. The van der Waals surface area contributed by atoms with Crippen molar-refractivity contribution in [1.82, 2.24) is 4.57 Å². The minimum absolute atomic E-state index is 0.253. The van der Waals surface area contributed by atoms with Crippen LogP contribution in [0.3, 0.4) is 0 Å².